The summed E-state index contributed by atoms with van der Waals surface area (Å²) in [6, 6.07) is 9.90. The number of nitrogens with zero attached hydrogens (tertiary/aromatic N) is 1. The minimum atomic E-state index is -0.195. The SMILES string of the molecule is Cc1ccc(CCNC(=O)c2cc(C)on2)cc1. The van der Waals surface area contributed by atoms with Gasteiger partial charge in [-0.15, -0.1) is 0 Å². The van der Waals surface area contributed by atoms with Crippen molar-refractivity contribution < 1.29 is 9.32 Å². The molecule has 1 aromatic heterocycles. The molecule has 94 valence electrons. The number of amides is 1. The highest BCUT2D eigenvalue weighted by Crippen LogP contribution is 2.04. The highest BCUT2D eigenvalue weighted by Gasteiger charge is 2.09. The number of hydrogen-bond donors (Lipinski definition) is 1. The maximum absolute atomic E-state index is 11.7. The Balaban J connectivity index is 1.82. The van der Waals surface area contributed by atoms with Crippen LogP contribution in [0, 0.1) is 13.8 Å². The average molecular weight is 244 g/mol. The van der Waals surface area contributed by atoms with Crippen LogP contribution >= 0.6 is 0 Å². The fourth-order valence-corrected chi connectivity index (χ4v) is 1.64. The molecule has 4 heteroatoms. The molecule has 0 bridgehead atoms. The summed E-state index contributed by atoms with van der Waals surface area (Å²) in [6.07, 6.45) is 0.808. The second-order valence-electron chi connectivity index (χ2n) is 4.31. The van der Waals surface area contributed by atoms with E-state index in [1.165, 1.54) is 11.1 Å². The van der Waals surface area contributed by atoms with E-state index in [0.717, 1.165) is 6.42 Å². The minimum Gasteiger partial charge on any atom is -0.361 e. The van der Waals surface area contributed by atoms with Crippen molar-refractivity contribution >= 4 is 5.91 Å². The molecule has 2 aromatic rings. The topological polar surface area (TPSA) is 55.1 Å². The van der Waals surface area contributed by atoms with E-state index in [4.69, 9.17) is 4.52 Å². The third-order valence-electron chi connectivity index (χ3n) is 2.68. The lowest BCUT2D eigenvalue weighted by molar-refractivity contribution is 0.0945. The van der Waals surface area contributed by atoms with Crippen molar-refractivity contribution in [2.24, 2.45) is 0 Å². The van der Waals surface area contributed by atoms with Crippen molar-refractivity contribution in [2.75, 3.05) is 6.54 Å². The first-order valence-corrected chi connectivity index (χ1v) is 5.92. The monoisotopic (exact) mass is 244 g/mol. The maximum Gasteiger partial charge on any atom is 0.273 e. The van der Waals surface area contributed by atoms with Crippen molar-refractivity contribution in [1.29, 1.82) is 0 Å². The molecule has 1 heterocycles. The van der Waals surface area contributed by atoms with Gasteiger partial charge in [0.2, 0.25) is 0 Å². The molecule has 0 saturated carbocycles. The molecule has 1 N–H and O–H groups in total. The Hall–Kier alpha value is -2.10. The molecule has 0 radical (unpaired) electrons. The standard InChI is InChI=1S/C14H16N2O2/c1-10-3-5-12(6-4-10)7-8-15-14(17)13-9-11(2)18-16-13/h3-6,9H,7-8H2,1-2H3,(H,15,17). The van der Waals surface area contributed by atoms with Gasteiger partial charge in [0.1, 0.15) is 5.76 Å². The Labute approximate surface area is 106 Å². The normalized spacial score (nSPS) is 10.3. The van der Waals surface area contributed by atoms with E-state index in [1.54, 1.807) is 13.0 Å². The Morgan fingerprint density at radius 3 is 2.61 bits per heavy atom. The van der Waals surface area contributed by atoms with Crippen molar-refractivity contribution in [1.82, 2.24) is 10.5 Å². The van der Waals surface area contributed by atoms with Crippen LogP contribution in [0.2, 0.25) is 0 Å². The molecule has 0 atom stereocenters. The number of aromatic nitrogens is 1. The molecular weight excluding hydrogens is 228 g/mol. The summed E-state index contributed by atoms with van der Waals surface area (Å²) >= 11 is 0. The van der Waals surface area contributed by atoms with E-state index in [9.17, 15) is 4.79 Å². The van der Waals surface area contributed by atoms with Crippen molar-refractivity contribution in [3.63, 3.8) is 0 Å². The van der Waals surface area contributed by atoms with Crippen LogP contribution in [0.3, 0.4) is 0 Å². The van der Waals surface area contributed by atoms with Gasteiger partial charge in [0.15, 0.2) is 5.69 Å². The number of hydrogen-bond acceptors (Lipinski definition) is 3. The summed E-state index contributed by atoms with van der Waals surface area (Å²) in [7, 11) is 0. The van der Waals surface area contributed by atoms with Gasteiger partial charge in [-0.2, -0.15) is 0 Å². The quantitative estimate of drug-likeness (QED) is 0.897. The number of carbonyl (C=O) groups is 1. The molecule has 2 rings (SSSR count). The van der Waals surface area contributed by atoms with Crippen LogP contribution in [-0.2, 0) is 6.42 Å². The zero-order valence-electron chi connectivity index (χ0n) is 10.6. The third-order valence-corrected chi connectivity index (χ3v) is 2.68. The smallest absolute Gasteiger partial charge is 0.273 e. The van der Waals surface area contributed by atoms with E-state index >= 15 is 0 Å². The van der Waals surface area contributed by atoms with Crippen LogP contribution in [0.1, 0.15) is 27.4 Å². The number of nitrogens with one attached hydrogen (secondary N) is 1. The number of carbonyl (C=O) groups excluding carboxylic acids is 1. The van der Waals surface area contributed by atoms with E-state index < -0.39 is 0 Å². The second kappa shape index (κ2) is 5.49. The molecule has 0 saturated heterocycles. The summed E-state index contributed by atoms with van der Waals surface area (Å²) in [5.74, 6) is 0.442. The molecule has 18 heavy (non-hydrogen) atoms. The molecule has 0 fully saturated rings. The molecular formula is C14H16N2O2. The number of benzene rings is 1. The summed E-state index contributed by atoms with van der Waals surface area (Å²) in [5, 5.41) is 6.48. The lowest BCUT2D eigenvalue weighted by Gasteiger charge is -2.03. The highest BCUT2D eigenvalue weighted by molar-refractivity contribution is 5.92. The first kappa shape index (κ1) is 12.4. The molecule has 0 spiro atoms. The predicted octanol–water partition coefficient (Wildman–Crippen LogP) is 2.26. The van der Waals surface area contributed by atoms with Crippen LogP contribution in [0.25, 0.3) is 0 Å². The zero-order valence-corrected chi connectivity index (χ0v) is 10.6. The minimum absolute atomic E-state index is 0.195. The van der Waals surface area contributed by atoms with Gasteiger partial charge in [0.25, 0.3) is 5.91 Å². The van der Waals surface area contributed by atoms with Gasteiger partial charge < -0.3 is 9.84 Å². The number of aryl methyl sites for hydroxylation is 2. The molecule has 0 aliphatic heterocycles. The van der Waals surface area contributed by atoms with Gasteiger partial charge >= 0.3 is 0 Å². The van der Waals surface area contributed by atoms with Crippen LogP contribution in [0.4, 0.5) is 0 Å². The Morgan fingerprint density at radius 2 is 2.00 bits per heavy atom. The van der Waals surface area contributed by atoms with Crippen LogP contribution < -0.4 is 5.32 Å². The Morgan fingerprint density at radius 1 is 1.28 bits per heavy atom. The second-order valence-corrected chi connectivity index (χ2v) is 4.31. The largest absolute Gasteiger partial charge is 0.361 e. The highest BCUT2D eigenvalue weighted by atomic mass is 16.5. The summed E-state index contributed by atoms with van der Waals surface area (Å²) in [4.78, 5) is 11.7. The van der Waals surface area contributed by atoms with Gasteiger partial charge in [-0.25, -0.2) is 0 Å². The van der Waals surface area contributed by atoms with Crippen LogP contribution in [-0.4, -0.2) is 17.6 Å². The van der Waals surface area contributed by atoms with E-state index in [2.05, 4.69) is 41.7 Å². The molecule has 1 aromatic carbocycles. The van der Waals surface area contributed by atoms with Gasteiger partial charge in [-0.1, -0.05) is 35.0 Å². The van der Waals surface area contributed by atoms with E-state index in [1.807, 2.05) is 0 Å². The fraction of sp³-hybridized carbons (Fsp3) is 0.286. The van der Waals surface area contributed by atoms with Gasteiger partial charge in [0.05, 0.1) is 0 Å². The average Bonchev–Trinajstić information content (AvgIpc) is 2.78. The summed E-state index contributed by atoms with van der Waals surface area (Å²) in [5.41, 5.74) is 2.77. The third kappa shape index (κ3) is 3.20. The molecule has 1 amide bonds. The molecule has 4 nitrogen and oxygen atoms in total. The molecule has 0 aliphatic rings. The summed E-state index contributed by atoms with van der Waals surface area (Å²) in [6.45, 7) is 4.41. The summed E-state index contributed by atoms with van der Waals surface area (Å²) < 4.78 is 4.85. The number of rotatable bonds is 4. The molecule has 0 unspecified atom stereocenters. The van der Waals surface area contributed by atoms with Crippen molar-refractivity contribution in [3.05, 3.63) is 52.9 Å². The van der Waals surface area contributed by atoms with Crippen molar-refractivity contribution in [3.8, 4) is 0 Å². The molecule has 0 aliphatic carbocycles. The van der Waals surface area contributed by atoms with Crippen LogP contribution in [0.15, 0.2) is 34.9 Å². The Bertz CT molecular complexity index is 529. The van der Waals surface area contributed by atoms with E-state index in [-0.39, 0.29) is 5.91 Å². The van der Waals surface area contributed by atoms with Crippen LogP contribution in [0.5, 0.6) is 0 Å². The zero-order chi connectivity index (χ0) is 13.0. The Kier molecular flexibility index (Phi) is 3.77. The first-order valence-electron chi connectivity index (χ1n) is 5.92. The lowest BCUT2D eigenvalue weighted by atomic mass is 10.1. The van der Waals surface area contributed by atoms with Crippen molar-refractivity contribution in [2.45, 2.75) is 20.3 Å². The predicted molar refractivity (Wildman–Crippen MR) is 68.5 cm³/mol. The maximum atomic E-state index is 11.7. The van der Waals surface area contributed by atoms with Gasteiger partial charge in [-0.3, -0.25) is 4.79 Å². The first-order chi connectivity index (χ1) is 8.65. The van der Waals surface area contributed by atoms with E-state index in [0.29, 0.717) is 18.0 Å². The fourth-order valence-electron chi connectivity index (χ4n) is 1.64. The lowest BCUT2D eigenvalue weighted by Crippen LogP contribution is -2.25. The van der Waals surface area contributed by atoms with Gasteiger partial charge in [0, 0.05) is 12.6 Å². The van der Waals surface area contributed by atoms with Gasteiger partial charge in [-0.05, 0) is 25.8 Å².